The molecule has 22 heavy (non-hydrogen) atoms. The van der Waals surface area contributed by atoms with E-state index in [-0.39, 0.29) is 11.6 Å². The summed E-state index contributed by atoms with van der Waals surface area (Å²) in [6, 6.07) is 9.84. The fourth-order valence-electron chi connectivity index (χ4n) is 2.05. The van der Waals surface area contributed by atoms with Crippen molar-refractivity contribution in [1.29, 1.82) is 0 Å². The van der Waals surface area contributed by atoms with Crippen LogP contribution < -0.4 is 10.1 Å². The van der Waals surface area contributed by atoms with E-state index >= 15 is 0 Å². The average Bonchev–Trinajstić information content (AvgIpc) is 2.48. The number of nitrogens with one attached hydrogen (secondary N) is 1. The Balaban J connectivity index is 2.07. The van der Waals surface area contributed by atoms with Crippen molar-refractivity contribution >= 4 is 5.91 Å². The van der Waals surface area contributed by atoms with Crippen LogP contribution in [-0.2, 0) is 0 Å². The van der Waals surface area contributed by atoms with Crippen molar-refractivity contribution in [2.75, 3.05) is 6.61 Å². The molecule has 5 heteroatoms. The van der Waals surface area contributed by atoms with Gasteiger partial charge in [-0.15, -0.1) is 0 Å². The minimum atomic E-state index is -0.878. The molecule has 0 radical (unpaired) electrons. The van der Waals surface area contributed by atoms with E-state index in [2.05, 4.69) is 5.32 Å². The van der Waals surface area contributed by atoms with Crippen LogP contribution in [-0.4, -0.2) is 12.5 Å². The van der Waals surface area contributed by atoms with E-state index < -0.39 is 17.5 Å². The molecule has 1 amide bonds. The van der Waals surface area contributed by atoms with E-state index in [1.807, 2.05) is 19.1 Å². The number of ether oxygens (including phenoxy) is 1. The lowest BCUT2D eigenvalue weighted by Gasteiger charge is -2.15. The average molecular weight is 305 g/mol. The fourth-order valence-corrected chi connectivity index (χ4v) is 2.05. The van der Waals surface area contributed by atoms with Crippen molar-refractivity contribution < 1.29 is 18.3 Å². The SMILES string of the molecule is CCOc1ccc(C(C)NC(=O)c2ccc(F)cc2F)cc1. The summed E-state index contributed by atoms with van der Waals surface area (Å²) in [6.45, 7) is 4.26. The molecule has 2 aromatic rings. The van der Waals surface area contributed by atoms with Crippen molar-refractivity contribution in [2.24, 2.45) is 0 Å². The lowest BCUT2D eigenvalue weighted by molar-refractivity contribution is 0.0935. The quantitative estimate of drug-likeness (QED) is 0.911. The summed E-state index contributed by atoms with van der Waals surface area (Å²) in [5.41, 5.74) is 0.679. The molecule has 0 fully saturated rings. The van der Waals surface area contributed by atoms with Crippen LogP contribution in [0.3, 0.4) is 0 Å². The number of carbonyl (C=O) groups excluding carboxylic acids is 1. The van der Waals surface area contributed by atoms with Gasteiger partial charge in [0.05, 0.1) is 18.2 Å². The predicted molar refractivity (Wildman–Crippen MR) is 79.9 cm³/mol. The smallest absolute Gasteiger partial charge is 0.254 e. The van der Waals surface area contributed by atoms with Crippen LogP contribution in [0.5, 0.6) is 5.75 Å². The number of carbonyl (C=O) groups is 1. The molecule has 0 aliphatic carbocycles. The van der Waals surface area contributed by atoms with Gasteiger partial charge in [0, 0.05) is 6.07 Å². The predicted octanol–water partition coefficient (Wildman–Crippen LogP) is 3.85. The summed E-state index contributed by atoms with van der Waals surface area (Å²) in [6.07, 6.45) is 0. The van der Waals surface area contributed by atoms with Crippen molar-refractivity contribution in [3.05, 3.63) is 65.2 Å². The molecule has 0 heterocycles. The highest BCUT2D eigenvalue weighted by molar-refractivity contribution is 5.94. The molecule has 1 unspecified atom stereocenters. The van der Waals surface area contributed by atoms with Crippen LogP contribution in [0.1, 0.15) is 35.8 Å². The van der Waals surface area contributed by atoms with Gasteiger partial charge in [0.1, 0.15) is 17.4 Å². The Bertz CT molecular complexity index is 656. The third kappa shape index (κ3) is 3.81. The zero-order chi connectivity index (χ0) is 16.1. The van der Waals surface area contributed by atoms with Gasteiger partial charge in [0.2, 0.25) is 0 Å². The van der Waals surface area contributed by atoms with E-state index in [1.54, 1.807) is 19.1 Å². The summed E-state index contributed by atoms with van der Waals surface area (Å²) >= 11 is 0. The van der Waals surface area contributed by atoms with Gasteiger partial charge in [-0.2, -0.15) is 0 Å². The second kappa shape index (κ2) is 7.02. The van der Waals surface area contributed by atoms with Gasteiger partial charge in [-0.05, 0) is 43.7 Å². The van der Waals surface area contributed by atoms with Crippen LogP contribution in [0, 0.1) is 11.6 Å². The minimum Gasteiger partial charge on any atom is -0.494 e. The van der Waals surface area contributed by atoms with Crippen LogP contribution in [0.25, 0.3) is 0 Å². The zero-order valence-electron chi connectivity index (χ0n) is 12.4. The highest BCUT2D eigenvalue weighted by atomic mass is 19.1. The second-order valence-electron chi connectivity index (χ2n) is 4.82. The summed E-state index contributed by atoms with van der Waals surface area (Å²) in [4.78, 5) is 12.0. The van der Waals surface area contributed by atoms with Crippen LogP contribution in [0.2, 0.25) is 0 Å². The highest BCUT2D eigenvalue weighted by Gasteiger charge is 2.15. The topological polar surface area (TPSA) is 38.3 Å². The molecule has 0 spiro atoms. The van der Waals surface area contributed by atoms with Crippen molar-refractivity contribution in [3.63, 3.8) is 0 Å². The molecule has 0 aromatic heterocycles. The van der Waals surface area contributed by atoms with Crippen molar-refractivity contribution in [1.82, 2.24) is 5.32 Å². The lowest BCUT2D eigenvalue weighted by atomic mass is 10.1. The van der Waals surface area contributed by atoms with Crippen molar-refractivity contribution in [3.8, 4) is 5.75 Å². The molecule has 0 bridgehead atoms. The molecular formula is C17H17F2NO2. The molecule has 0 aliphatic heterocycles. The Morgan fingerprint density at radius 3 is 2.45 bits per heavy atom. The van der Waals surface area contributed by atoms with Crippen LogP contribution in [0.4, 0.5) is 8.78 Å². The van der Waals surface area contributed by atoms with Gasteiger partial charge in [0.15, 0.2) is 0 Å². The van der Waals surface area contributed by atoms with Gasteiger partial charge in [-0.25, -0.2) is 8.78 Å². The number of rotatable bonds is 5. The molecule has 1 N–H and O–H groups in total. The van der Waals surface area contributed by atoms with E-state index in [0.29, 0.717) is 12.7 Å². The first-order valence-corrected chi connectivity index (χ1v) is 7.00. The van der Waals surface area contributed by atoms with E-state index in [0.717, 1.165) is 23.4 Å². The number of hydrogen-bond acceptors (Lipinski definition) is 2. The summed E-state index contributed by atoms with van der Waals surface area (Å²) in [5.74, 6) is -1.43. The summed E-state index contributed by atoms with van der Waals surface area (Å²) in [7, 11) is 0. The summed E-state index contributed by atoms with van der Waals surface area (Å²) in [5, 5.41) is 2.68. The van der Waals surface area contributed by atoms with Crippen LogP contribution >= 0.6 is 0 Å². The standard InChI is InChI=1S/C17H17F2NO2/c1-3-22-14-7-4-12(5-8-14)11(2)20-17(21)15-9-6-13(18)10-16(15)19/h4-11H,3H2,1-2H3,(H,20,21). The van der Waals surface area contributed by atoms with E-state index in [9.17, 15) is 13.6 Å². The fraction of sp³-hybridized carbons (Fsp3) is 0.235. The Morgan fingerprint density at radius 1 is 1.18 bits per heavy atom. The van der Waals surface area contributed by atoms with E-state index in [1.165, 1.54) is 0 Å². The monoisotopic (exact) mass is 305 g/mol. The van der Waals surface area contributed by atoms with Crippen molar-refractivity contribution in [2.45, 2.75) is 19.9 Å². The van der Waals surface area contributed by atoms with Crippen LogP contribution in [0.15, 0.2) is 42.5 Å². The maximum Gasteiger partial charge on any atom is 0.254 e. The molecule has 0 saturated heterocycles. The summed E-state index contributed by atoms with van der Waals surface area (Å²) < 4.78 is 31.8. The van der Waals surface area contributed by atoms with Gasteiger partial charge in [0.25, 0.3) is 5.91 Å². The molecule has 116 valence electrons. The molecular weight excluding hydrogens is 288 g/mol. The number of hydrogen-bond donors (Lipinski definition) is 1. The number of amides is 1. The third-order valence-corrected chi connectivity index (χ3v) is 3.21. The Morgan fingerprint density at radius 2 is 1.86 bits per heavy atom. The van der Waals surface area contributed by atoms with Gasteiger partial charge in [-0.3, -0.25) is 4.79 Å². The molecule has 1 atom stereocenters. The van der Waals surface area contributed by atoms with Gasteiger partial charge < -0.3 is 10.1 Å². The molecule has 2 rings (SSSR count). The first kappa shape index (κ1) is 15.9. The first-order chi connectivity index (χ1) is 10.5. The molecule has 2 aromatic carbocycles. The maximum atomic E-state index is 13.6. The molecule has 0 saturated carbocycles. The normalized spacial score (nSPS) is 11.8. The van der Waals surface area contributed by atoms with Gasteiger partial charge in [-0.1, -0.05) is 12.1 Å². The first-order valence-electron chi connectivity index (χ1n) is 7.00. The Kier molecular flexibility index (Phi) is 5.09. The molecule has 0 aliphatic rings. The Hall–Kier alpha value is -2.43. The molecule has 3 nitrogen and oxygen atoms in total. The van der Waals surface area contributed by atoms with E-state index in [4.69, 9.17) is 4.74 Å². The highest BCUT2D eigenvalue weighted by Crippen LogP contribution is 2.18. The number of halogens is 2. The zero-order valence-corrected chi connectivity index (χ0v) is 12.4. The minimum absolute atomic E-state index is 0.181. The number of benzene rings is 2. The largest absolute Gasteiger partial charge is 0.494 e. The lowest BCUT2D eigenvalue weighted by Crippen LogP contribution is -2.27. The van der Waals surface area contributed by atoms with Gasteiger partial charge >= 0.3 is 0 Å². The maximum absolute atomic E-state index is 13.6. The second-order valence-corrected chi connectivity index (χ2v) is 4.82. The third-order valence-electron chi connectivity index (χ3n) is 3.21. The Labute approximate surface area is 127 Å².